The van der Waals surface area contributed by atoms with Gasteiger partial charge in [-0.1, -0.05) is 18.2 Å². The predicted octanol–water partition coefficient (Wildman–Crippen LogP) is 5.33. The maximum absolute atomic E-state index is 14.7. The SMILES string of the molecule is C/C=C(\C)c1ccc(NC(=O)c2c(C)cc(C3=CCNCC3)cc2F)cc1F. The molecular formula is C23H24F2N2O. The van der Waals surface area contributed by atoms with Gasteiger partial charge >= 0.3 is 0 Å². The highest BCUT2D eigenvalue weighted by atomic mass is 19.1. The van der Waals surface area contributed by atoms with Crippen LogP contribution in [0.25, 0.3) is 11.1 Å². The molecule has 0 saturated heterocycles. The summed E-state index contributed by atoms with van der Waals surface area (Å²) in [5.74, 6) is -1.59. The molecule has 0 bridgehead atoms. The molecule has 0 aliphatic carbocycles. The van der Waals surface area contributed by atoms with Gasteiger partial charge in [-0.05, 0) is 80.3 Å². The van der Waals surface area contributed by atoms with Crippen LogP contribution in [0.3, 0.4) is 0 Å². The summed E-state index contributed by atoms with van der Waals surface area (Å²) in [6.07, 6.45) is 4.67. The standard InChI is InChI=1S/C23H24F2N2O/c1-4-14(2)19-6-5-18(13-20(19)24)27-23(28)22-15(3)11-17(12-21(22)25)16-7-9-26-10-8-16/h4-7,11-13,26H,8-10H2,1-3H3,(H,27,28)/b14-4+. The van der Waals surface area contributed by atoms with Crippen molar-refractivity contribution < 1.29 is 13.6 Å². The Morgan fingerprint density at radius 3 is 2.57 bits per heavy atom. The van der Waals surface area contributed by atoms with Gasteiger partial charge in [0.1, 0.15) is 11.6 Å². The molecule has 1 heterocycles. The molecule has 3 nitrogen and oxygen atoms in total. The molecule has 2 aromatic rings. The van der Waals surface area contributed by atoms with Crippen molar-refractivity contribution in [2.45, 2.75) is 27.2 Å². The van der Waals surface area contributed by atoms with Gasteiger partial charge in [0.2, 0.25) is 0 Å². The lowest BCUT2D eigenvalue weighted by molar-refractivity contribution is 0.102. The number of amides is 1. The maximum Gasteiger partial charge on any atom is 0.258 e. The Balaban J connectivity index is 1.85. The van der Waals surface area contributed by atoms with E-state index in [2.05, 4.69) is 10.6 Å². The van der Waals surface area contributed by atoms with Crippen LogP contribution in [0.4, 0.5) is 14.5 Å². The number of allylic oxidation sites excluding steroid dienone is 2. The normalized spacial score (nSPS) is 14.6. The topological polar surface area (TPSA) is 41.1 Å². The number of carbonyl (C=O) groups is 1. The lowest BCUT2D eigenvalue weighted by Crippen LogP contribution is -2.20. The van der Waals surface area contributed by atoms with Crippen LogP contribution in [-0.2, 0) is 0 Å². The first-order valence-electron chi connectivity index (χ1n) is 9.35. The minimum Gasteiger partial charge on any atom is -0.322 e. The summed E-state index contributed by atoms with van der Waals surface area (Å²) in [7, 11) is 0. The number of carbonyl (C=O) groups excluding carboxylic acids is 1. The molecule has 1 amide bonds. The van der Waals surface area contributed by atoms with Crippen molar-refractivity contribution >= 4 is 22.7 Å². The van der Waals surface area contributed by atoms with E-state index in [1.165, 1.54) is 12.1 Å². The van der Waals surface area contributed by atoms with Crippen LogP contribution in [0.15, 0.2) is 42.5 Å². The van der Waals surface area contributed by atoms with E-state index in [1.807, 2.05) is 32.1 Å². The molecule has 28 heavy (non-hydrogen) atoms. The van der Waals surface area contributed by atoms with Crippen LogP contribution in [0.2, 0.25) is 0 Å². The first-order valence-corrected chi connectivity index (χ1v) is 9.35. The average molecular weight is 382 g/mol. The number of halogens is 2. The van der Waals surface area contributed by atoms with Crippen molar-refractivity contribution in [3.05, 3.63) is 76.4 Å². The van der Waals surface area contributed by atoms with E-state index in [0.717, 1.165) is 36.2 Å². The summed E-state index contributed by atoms with van der Waals surface area (Å²) in [6, 6.07) is 7.70. The third-order valence-electron chi connectivity index (χ3n) is 5.03. The third kappa shape index (κ3) is 4.20. The Morgan fingerprint density at radius 1 is 1.18 bits per heavy atom. The Kier molecular flexibility index (Phi) is 6.05. The quantitative estimate of drug-likeness (QED) is 0.751. The first-order chi connectivity index (χ1) is 13.4. The minimum atomic E-state index is -0.587. The lowest BCUT2D eigenvalue weighted by Gasteiger charge is -2.16. The Hall–Kier alpha value is -2.79. The van der Waals surface area contributed by atoms with E-state index < -0.39 is 17.5 Å². The number of hydrogen-bond donors (Lipinski definition) is 2. The van der Waals surface area contributed by atoms with E-state index >= 15 is 0 Å². The summed E-state index contributed by atoms with van der Waals surface area (Å²) in [4.78, 5) is 12.6. The van der Waals surface area contributed by atoms with Gasteiger partial charge in [-0.15, -0.1) is 0 Å². The Morgan fingerprint density at radius 2 is 1.96 bits per heavy atom. The van der Waals surface area contributed by atoms with Gasteiger partial charge in [-0.3, -0.25) is 4.79 Å². The summed E-state index contributed by atoms with van der Waals surface area (Å²) in [6.45, 7) is 6.96. The molecular weight excluding hydrogens is 358 g/mol. The molecule has 0 unspecified atom stereocenters. The predicted molar refractivity (Wildman–Crippen MR) is 110 cm³/mol. The summed E-state index contributed by atoms with van der Waals surface area (Å²) >= 11 is 0. The number of benzene rings is 2. The molecule has 1 aliphatic rings. The fourth-order valence-electron chi connectivity index (χ4n) is 3.36. The molecule has 2 N–H and O–H groups in total. The van der Waals surface area contributed by atoms with Crippen LogP contribution in [-0.4, -0.2) is 19.0 Å². The zero-order chi connectivity index (χ0) is 20.3. The van der Waals surface area contributed by atoms with Crippen molar-refractivity contribution in [2.24, 2.45) is 0 Å². The van der Waals surface area contributed by atoms with Gasteiger partial charge in [-0.2, -0.15) is 0 Å². The number of aryl methyl sites for hydroxylation is 1. The molecule has 146 valence electrons. The van der Waals surface area contributed by atoms with Crippen LogP contribution >= 0.6 is 0 Å². The zero-order valence-electron chi connectivity index (χ0n) is 16.3. The Labute approximate surface area is 164 Å². The van der Waals surface area contributed by atoms with E-state index in [9.17, 15) is 13.6 Å². The van der Waals surface area contributed by atoms with E-state index in [-0.39, 0.29) is 5.56 Å². The molecule has 0 aromatic heterocycles. The molecule has 5 heteroatoms. The molecule has 2 aromatic carbocycles. The van der Waals surface area contributed by atoms with Crippen molar-refractivity contribution in [2.75, 3.05) is 18.4 Å². The average Bonchev–Trinajstić information content (AvgIpc) is 2.67. The summed E-state index contributed by atoms with van der Waals surface area (Å²) in [5.41, 5.74) is 3.97. The smallest absolute Gasteiger partial charge is 0.258 e. The summed E-state index contributed by atoms with van der Waals surface area (Å²) < 4.78 is 29.0. The van der Waals surface area contributed by atoms with Crippen LogP contribution in [0.5, 0.6) is 0 Å². The lowest BCUT2D eigenvalue weighted by atomic mass is 9.95. The van der Waals surface area contributed by atoms with E-state index in [1.54, 1.807) is 19.1 Å². The van der Waals surface area contributed by atoms with Crippen molar-refractivity contribution in [1.82, 2.24) is 5.32 Å². The second kappa shape index (κ2) is 8.48. The highest BCUT2D eigenvalue weighted by Crippen LogP contribution is 2.26. The molecule has 0 saturated carbocycles. The molecule has 1 aliphatic heterocycles. The largest absolute Gasteiger partial charge is 0.322 e. The van der Waals surface area contributed by atoms with Gasteiger partial charge in [0.05, 0.1) is 5.56 Å². The first kappa shape index (κ1) is 20.0. The second-order valence-electron chi connectivity index (χ2n) is 6.95. The molecule has 0 radical (unpaired) electrons. The van der Waals surface area contributed by atoms with Gasteiger partial charge in [0.25, 0.3) is 5.91 Å². The van der Waals surface area contributed by atoms with E-state index in [4.69, 9.17) is 0 Å². The number of nitrogens with one attached hydrogen (secondary N) is 2. The fourth-order valence-corrected chi connectivity index (χ4v) is 3.36. The summed E-state index contributed by atoms with van der Waals surface area (Å²) in [5, 5.41) is 5.82. The van der Waals surface area contributed by atoms with Gasteiger partial charge < -0.3 is 10.6 Å². The van der Waals surface area contributed by atoms with Gasteiger partial charge in [-0.25, -0.2) is 8.78 Å². The number of hydrogen-bond acceptors (Lipinski definition) is 2. The maximum atomic E-state index is 14.7. The van der Waals surface area contributed by atoms with Gasteiger partial charge in [0.15, 0.2) is 0 Å². The van der Waals surface area contributed by atoms with Crippen molar-refractivity contribution in [3.63, 3.8) is 0 Å². The number of rotatable bonds is 4. The minimum absolute atomic E-state index is 0.0209. The van der Waals surface area contributed by atoms with Crippen LogP contribution in [0, 0.1) is 18.6 Å². The second-order valence-corrected chi connectivity index (χ2v) is 6.95. The van der Waals surface area contributed by atoms with Crippen LogP contribution in [0.1, 0.15) is 47.3 Å². The molecule has 0 atom stereocenters. The fraction of sp³-hybridized carbons (Fsp3) is 0.261. The van der Waals surface area contributed by atoms with Crippen molar-refractivity contribution in [1.29, 1.82) is 0 Å². The molecule has 3 rings (SSSR count). The zero-order valence-corrected chi connectivity index (χ0v) is 16.3. The molecule has 0 spiro atoms. The van der Waals surface area contributed by atoms with Crippen molar-refractivity contribution in [3.8, 4) is 0 Å². The third-order valence-corrected chi connectivity index (χ3v) is 5.03. The highest BCUT2D eigenvalue weighted by Gasteiger charge is 2.18. The molecule has 0 fully saturated rings. The van der Waals surface area contributed by atoms with Gasteiger partial charge in [0, 0.05) is 17.8 Å². The monoisotopic (exact) mass is 382 g/mol. The van der Waals surface area contributed by atoms with Crippen LogP contribution < -0.4 is 10.6 Å². The highest BCUT2D eigenvalue weighted by molar-refractivity contribution is 6.05. The Bertz CT molecular complexity index is 954. The van der Waals surface area contributed by atoms with E-state index in [0.29, 0.717) is 16.8 Å². The number of anilines is 1.